The molecule has 0 bridgehead atoms. The maximum atomic E-state index is 4.30. The van der Waals surface area contributed by atoms with Crippen molar-refractivity contribution in [1.29, 1.82) is 0 Å². The summed E-state index contributed by atoms with van der Waals surface area (Å²) in [5, 5.41) is 3.31. The normalized spacial score (nSPS) is 16.9. The molecule has 2 heterocycles. The van der Waals surface area contributed by atoms with Gasteiger partial charge < -0.3 is 10.2 Å². The molecular weight excluding hydrogens is 218 g/mol. The zero-order chi connectivity index (χ0) is 11.2. The zero-order valence-corrected chi connectivity index (χ0v) is 10.6. The average Bonchev–Trinajstić information content (AvgIpc) is 2.58. The number of nitrogens with zero attached hydrogens (tertiary/aromatic N) is 2. The van der Waals surface area contributed by atoms with Crippen molar-refractivity contribution in [1.82, 2.24) is 4.98 Å². The third-order valence-electron chi connectivity index (χ3n) is 2.69. The van der Waals surface area contributed by atoms with E-state index in [1.54, 1.807) is 0 Å². The molecular formula is C12H19N3S. The fraction of sp³-hybridized carbons (Fsp3) is 0.583. The van der Waals surface area contributed by atoms with Crippen molar-refractivity contribution in [2.24, 2.45) is 0 Å². The largest absolute Gasteiger partial charge is 0.384 e. The molecule has 0 atom stereocenters. The van der Waals surface area contributed by atoms with Crippen LogP contribution in [-0.2, 0) is 0 Å². The molecule has 0 amide bonds. The first-order valence-corrected chi connectivity index (χ1v) is 7.07. The second-order valence-corrected chi connectivity index (χ2v) is 5.14. The standard InChI is InChI=1S/C12H19N3S/c1-2-14-11-8-12(10-13-9-11)15-4-3-6-16-7-5-15/h8-10,14H,2-7H2,1H3. The van der Waals surface area contributed by atoms with E-state index in [4.69, 9.17) is 0 Å². The van der Waals surface area contributed by atoms with Gasteiger partial charge in [0.1, 0.15) is 0 Å². The van der Waals surface area contributed by atoms with Crippen LogP contribution in [0.5, 0.6) is 0 Å². The van der Waals surface area contributed by atoms with Crippen LogP contribution in [0.1, 0.15) is 13.3 Å². The van der Waals surface area contributed by atoms with Gasteiger partial charge in [0.25, 0.3) is 0 Å². The average molecular weight is 237 g/mol. The van der Waals surface area contributed by atoms with E-state index < -0.39 is 0 Å². The number of thioether (sulfide) groups is 1. The molecule has 2 rings (SSSR count). The van der Waals surface area contributed by atoms with Gasteiger partial charge in [-0.15, -0.1) is 0 Å². The quantitative estimate of drug-likeness (QED) is 0.874. The SMILES string of the molecule is CCNc1cncc(N2CCCSCC2)c1. The molecule has 1 aliphatic rings. The molecule has 0 aromatic carbocycles. The second-order valence-electron chi connectivity index (χ2n) is 3.92. The predicted molar refractivity (Wildman–Crippen MR) is 72.6 cm³/mol. The highest BCUT2D eigenvalue weighted by atomic mass is 32.2. The molecule has 0 unspecified atom stereocenters. The Morgan fingerprint density at radius 2 is 2.31 bits per heavy atom. The fourth-order valence-electron chi connectivity index (χ4n) is 1.91. The fourth-order valence-corrected chi connectivity index (χ4v) is 2.79. The molecule has 1 fully saturated rings. The first-order valence-electron chi connectivity index (χ1n) is 5.92. The van der Waals surface area contributed by atoms with Gasteiger partial charge in [0.2, 0.25) is 0 Å². The molecule has 1 saturated heterocycles. The number of nitrogens with one attached hydrogen (secondary N) is 1. The summed E-state index contributed by atoms with van der Waals surface area (Å²) in [7, 11) is 0. The number of aromatic nitrogens is 1. The Hall–Kier alpha value is -0.900. The van der Waals surface area contributed by atoms with Gasteiger partial charge >= 0.3 is 0 Å². The molecule has 88 valence electrons. The van der Waals surface area contributed by atoms with Crippen molar-refractivity contribution < 1.29 is 0 Å². The summed E-state index contributed by atoms with van der Waals surface area (Å²) in [6.07, 6.45) is 5.13. The number of pyridine rings is 1. The second kappa shape index (κ2) is 5.99. The van der Waals surface area contributed by atoms with Gasteiger partial charge in [-0.25, -0.2) is 0 Å². The van der Waals surface area contributed by atoms with Crippen LogP contribution < -0.4 is 10.2 Å². The summed E-state index contributed by atoms with van der Waals surface area (Å²) in [6.45, 7) is 5.35. The molecule has 16 heavy (non-hydrogen) atoms. The first-order chi connectivity index (χ1) is 7.90. The molecule has 1 aliphatic heterocycles. The van der Waals surface area contributed by atoms with E-state index in [0.29, 0.717) is 0 Å². The maximum absolute atomic E-state index is 4.30. The molecule has 1 aromatic heterocycles. The van der Waals surface area contributed by atoms with Crippen LogP contribution in [0.25, 0.3) is 0 Å². The summed E-state index contributed by atoms with van der Waals surface area (Å²) in [6, 6.07) is 2.20. The Morgan fingerprint density at radius 3 is 3.19 bits per heavy atom. The monoisotopic (exact) mass is 237 g/mol. The van der Waals surface area contributed by atoms with Crippen LogP contribution in [0.15, 0.2) is 18.5 Å². The molecule has 0 spiro atoms. The minimum absolute atomic E-state index is 0.945. The smallest absolute Gasteiger partial charge is 0.0573 e. The van der Waals surface area contributed by atoms with Crippen molar-refractivity contribution in [2.45, 2.75) is 13.3 Å². The number of hydrogen-bond acceptors (Lipinski definition) is 4. The minimum atomic E-state index is 0.945. The summed E-state index contributed by atoms with van der Waals surface area (Å²) in [5.41, 5.74) is 2.37. The van der Waals surface area contributed by atoms with Crippen LogP contribution in [0.2, 0.25) is 0 Å². The van der Waals surface area contributed by atoms with E-state index in [0.717, 1.165) is 25.3 Å². The third kappa shape index (κ3) is 3.04. The summed E-state index contributed by atoms with van der Waals surface area (Å²) >= 11 is 2.05. The molecule has 0 aliphatic carbocycles. The molecule has 0 radical (unpaired) electrons. The van der Waals surface area contributed by atoms with E-state index in [1.807, 2.05) is 12.4 Å². The van der Waals surface area contributed by atoms with E-state index >= 15 is 0 Å². The van der Waals surface area contributed by atoms with E-state index in [9.17, 15) is 0 Å². The van der Waals surface area contributed by atoms with Gasteiger partial charge in [0.15, 0.2) is 0 Å². The van der Waals surface area contributed by atoms with Crippen molar-refractivity contribution in [3.63, 3.8) is 0 Å². The number of hydrogen-bond donors (Lipinski definition) is 1. The Balaban J connectivity index is 2.08. The van der Waals surface area contributed by atoms with E-state index in [1.165, 1.54) is 23.6 Å². The number of rotatable bonds is 3. The first kappa shape index (κ1) is 11.6. The van der Waals surface area contributed by atoms with Gasteiger partial charge in [-0.05, 0) is 25.2 Å². The van der Waals surface area contributed by atoms with Crippen molar-refractivity contribution in [3.05, 3.63) is 18.5 Å². The highest BCUT2D eigenvalue weighted by Crippen LogP contribution is 2.21. The van der Waals surface area contributed by atoms with Crippen LogP contribution in [-0.4, -0.2) is 36.1 Å². The Labute approximate surface area is 102 Å². The molecule has 0 saturated carbocycles. The highest BCUT2D eigenvalue weighted by Gasteiger charge is 2.10. The van der Waals surface area contributed by atoms with E-state index in [2.05, 4.69) is 40.0 Å². The number of anilines is 2. The Bertz CT molecular complexity index is 322. The predicted octanol–water partition coefficient (Wildman–Crippen LogP) is 2.46. The molecule has 1 N–H and O–H groups in total. The maximum Gasteiger partial charge on any atom is 0.0573 e. The Kier molecular flexibility index (Phi) is 4.34. The van der Waals surface area contributed by atoms with Crippen LogP contribution >= 0.6 is 11.8 Å². The van der Waals surface area contributed by atoms with Crippen LogP contribution in [0.4, 0.5) is 11.4 Å². The van der Waals surface area contributed by atoms with Crippen molar-refractivity contribution >= 4 is 23.1 Å². The molecule has 1 aromatic rings. The summed E-state index contributed by atoms with van der Waals surface area (Å²) < 4.78 is 0. The lowest BCUT2D eigenvalue weighted by Crippen LogP contribution is -2.25. The molecule has 4 heteroatoms. The third-order valence-corrected chi connectivity index (χ3v) is 3.74. The minimum Gasteiger partial charge on any atom is -0.384 e. The summed E-state index contributed by atoms with van der Waals surface area (Å²) in [5.74, 6) is 2.52. The molecule has 3 nitrogen and oxygen atoms in total. The van der Waals surface area contributed by atoms with Gasteiger partial charge in [-0.2, -0.15) is 11.8 Å². The highest BCUT2D eigenvalue weighted by molar-refractivity contribution is 7.99. The van der Waals surface area contributed by atoms with Crippen LogP contribution in [0, 0.1) is 0 Å². The lowest BCUT2D eigenvalue weighted by molar-refractivity contribution is 0.814. The van der Waals surface area contributed by atoms with Crippen LogP contribution in [0.3, 0.4) is 0 Å². The van der Waals surface area contributed by atoms with Gasteiger partial charge in [-0.3, -0.25) is 4.98 Å². The van der Waals surface area contributed by atoms with E-state index in [-0.39, 0.29) is 0 Å². The zero-order valence-electron chi connectivity index (χ0n) is 9.78. The van der Waals surface area contributed by atoms with Gasteiger partial charge in [0.05, 0.1) is 23.8 Å². The van der Waals surface area contributed by atoms with Crippen molar-refractivity contribution in [2.75, 3.05) is 41.4 Å². The van der Waals surface area contributed by atoms with Gasteiger partial charge in [0, 0.05) is 25.4 Å². The Morgan fingerprint density at radius 1 is 1.38 bits per heavy atom. The summed E-state index contributed by atoms with van der Waals surface area (Å²) in [4.78, 5) is 6.74. The topological polar surface area (TPSA) is 28.2 Å². The lowest BCUT2D eigenvalue weighted by Gasteiger charge is -2.22. The van der Waals surface area contributed by atoms with Crippen molar-refractivity contribution in [3.8, 4) is 0 Å². The van der Waals surface area contributed by atoms with Gasteiger partial charge in [-0.1, -0.05) is 0 Å². The lowest BCUT2D eigenvalue weighted by atomic mass is 10.3.